The summed E-state index contributed by atoms with van der Waals surface area (Å²) >= 11 is 1.17. The van der Waals surface area contributed by atoms with E-state index < -0.39 is 5.97 Å². The SMILES string of the molecule is CCOC(=O)C=c1sc(=Cc2ccc3ccccc3c2)c(=O)n1CC(=O)N1CCOCC1. The Labute approximate surface area is 188 Å². The molecule has 166 valence electrons. The molecule has 0 aliphatic carbocycles. The lowest BCUT2D eigenvalue weighted by Gasteiger charge is -2.26. The van der Waals surface area contributed by atoms with Crippen LogP contribution in [0.25, 0.3) is 22.9 Å². The molecule has 0 bridgehead atoms. The lowest BCUT2D eigenvalue weighted by molar-refractivity contribution is -0.136. The molecule has 1 amide bonds. The van der Waals surface area contributed by atoms with Gasteiger partial charge in [0.1, 0.15) is 11.2 Å². The van der Waals surface area contributed by atoms with Crippen LogP contribution in [0.5, 0.6) is 0 Å². The number of hydrogen-bond acceptors (Lipinski definition) is 6. The van der Waals surface area contributed by atoms with Gasteiger partial charge in [-0.3, -0.25) is 14.2 Å². The number of fused-ring (bicyclic) bond motifs is 1. The lowest BCUT2D eigenvalue weighted by atomic mass is 10.1. The summed E-state index contributed by atoms with van der Waals surface area (Å²) in [6.07, 6.45) is 3.07. The second kappa shape index (κ2) is 9.93. The molecule has 7 nitrogen and oxygen atoms in total. The summed E-state index contributed by atoms with van der Waals surface area (Å²) in [6, 6.07) is 13.9. The molecule has 2 aromatic carbocycles. The monoisotopic (exact) mass is 452 g/mol. The smallest absolute Gasteiger partial charge is 0.333 e. The van der Waals surface area contributed by atoms with Gasteiger partial charge in [-0.2, -0.15) is 0 Å². The number of rotatable bonds is 5. The Morgan fingerprint density at radius 1 is 1.12 bits per heavy atom. The van der Waals surface area contributed by atoms with Gasteiger partial charge in [-0.15, -0.1) is 11.3 Å². The molecule has 1 aliphatic rings. The van der Waals surface area contributed by atoms with Gasteiger partial charge in [0.25, 0.3) is 5.56 Å². The number of esters is 1. The molecule has 0 saturated carbocycles. The van der Waals surface area contributed by atoms with Gasteiger partial charge in [-0.1, -0.05) is 36.4 Å². The maximum Gasteiger partial charge on any atom is 0.333 e. The van der Waals surface area contributed by atoms with Crippen molar-refractivity contribution in [2.75, 3.05) is 32.9 Å². The maximum absolute atomic E-state index is 13.2. The van der Waals surface area contributed by atoms with Crippen LogP contribution in [-0.2, 0) is 25.6 Å². The van der Waals surface area contributed by atoms with Crippen LogP contribution in [0.3, 0.4) is 0 Å². The van der Waals surface area contributed by atoms with E-state index in [2.05, 4.69) is 0 Å². The molecule has 32 heavy (non-hydrogen) atoms. The molecule has 8 heteroatoms. The fourth-order valence-electron chi connectivity index (χ4n) is 3.57. The number of benzene rings is 2. The zero-order valence-electron chi connectivity index (χ0n) is 17.8. The molecule has 1 aliphatic heterocycles. The van der Waals surface area contributed by atoms with E-state index in [1.807, 2.05) is 42.5 Å². The van der Waals surface area contributed by atoms with E-state index in [1.54, 1.807) is 17.9 Å². The molecule has 3 aromatic rings. The molecule has 0 radical (unpaired) electrons. The molecule has 1 fully saturated rings. The van der Waals surface area contributed by atoms with Crippen LogP contribution in [0, 0.1) is 0 Å². The number of hydrogen-bond donors (Lipinski definition) is 0. The Bertz CT molecular complexity index is 1320. The molecular formula is C24H24N2O5S. The highest BCUT2D eigenvalue weighted by Crippen LogP contribution is 2.15. The van der Waals surface area contributed by atoms with Gasteiger partial charge >= 0.3 is 5.97 Å². The minimum absolute atomic E-state index is 0.133. The molecule has 0 atom stereocenters. The van der Waals surface area contributed by atoms with Gasteiger partial charge in [-0.05, 0) is 35.4 Å². The second-order valence-electron chi connectivity index (χ2n) is 7.34. The van der Waals surface area contributed by atoms with Gasteiger partial charge in [-0.25, -0.2) is 4.79 Å². The number of morpholine rings is 1. The van der Waals surface area contributed by atoms with Crippen LogP contribution in [-0.4, -0.2) is 54.3 Å². The third-order valence-electron chi connectivity index (χ3n) is 5.19. The summed E-state index contributed by atoms with van der Waals surface area (Å²) in [5.41, 5.74) is 0.566. The van der Waals surface area contributed by atoms with Crippen molar-refractivity contribution < 1.29 is 19.1 Å². The Hall–Kier alpha value is -3.23. The Morgan fingerprint density at radius 2 is 1.88 bits per heavy atom. The fourth-order valence-corrected chi connectivity index (χ4v) is 4.61. The first-order valence-corrected chi connectivity index (χ1v) is 11.3. The van der Waals surface area contributed by atoms with Gasteiger partial charge in [0, 0.05) is 13.1 Å². The van der Waals surface area contributed by atoms with Crippen LogP contribution in [0.4, 0.5) is 0 Å². The van der Waals surface area contributed by atoms with Crippen molar-refractivity contribution in [1.29, 1.82) is 0 Å². The van der Waals surface area contributed by atoms with Gasteiger partial charge in [0.2, 0.25) is 5.91 Å². The second-order valence-corrected chi connectivity index (χ2v) is 8.40. The molecule has 1 aromatic heterocycles. The maximum atomic E-state index is 13.2. The van der Waals surface area contributed by atoms with E-state index >= 15 is 0 Å². The summed E-state index contributed by atoms with van der Waals surface area (Å²) in [4.78, 5) is 39.7. The van der Waals surface area contributed by atoms with E-state index in [0.717, 1.165) is 16.3 Å². The van der Waals surface area contributed by atoms with Crippen molar-refractivity contribution in [3.05, 3.63) is 67.6 Å². The molecule has 1 saturated heterocycles. The van der Waals surface area contributed by atoms with Crippen LogP contribution in [0.15, 0.2) is 47.3 Å². The molecule has 0 N–H and O–H groups in total. The summed E-state index contributed by atoms with van der Waals surface area (Å²) in [5.74, 6) is -0.720. The highest BCUT2D eigenvalue weighted by atomic mass is 32.1. The topological polar surface area (TPSA) is 77.8 Å². The van der Waals surface area contributed by atoms with Crippen LogP contribution >= 0.6 is 11.3 Å². The van der Waals surface area contributed by atoms with Crippen molar-refractivity contribution in [1.82, 2.24) is 9.47 Å². The Kier molecular flexibility index (Phi) is 6.82. The van der Waals surface area contributed by atoms with Crippen molar-refractivity contribution >= 4 is 46.1 Å². The summed E-state index contributed by atoms with van der Waals surface area (Å²) < 4.78 is 12.5. The first kappa shape index (κ1) is 22.0. The minimum atomic E-state index is -0.543. The summed E-state index contributed by atoms with van der Waals surface area (Å²) in [7, 11) is 0. The Balaban J connectivity index is 1.75. The molecule has 4 rings (SSSR count). The quantitative estimate of drug-likeness (QED) is 0.542. The third-order valence-corrected chi connectivity index (χ3v) is 6.25. The average molecular weight is 453 g/mol. The highest BCUT2D eigenvalue weighted by Gasteiger charge is 2.19. The van der Waals surface area contributed by atoms with E-state index in [-0.39, 0.29) is 24.6 Å². The van der Waals surface area contributed by atoms with Gasteiger partial charge in [0.05, 0.1) is 30.4 Å². The zero-order chi connectivity index (χ0) is 22.5. The van der Waals surface area contributed by atoms with E-state index in [4.69, 9.17) is 9.47 Å². The van der Waals surface area contributed by atoms with Crippen molar-refractivity contribution in [2.24, 2.45) is 0 Å². The molecular weight excluding hydrogens is 428 g/mol. The number of amides is 1. The van der Waals surface area contributed by atoms with Crippen molar-refractivity contribution in [3.63, 3.8) is 0 Å². The first-order valence-electron chi connectivity index (χ1n) is 10.5. The average Bonchev–Trinajstić information content (AvgIpc) is 3.08. The number of carbonyl (C=O) groups is 2. The van der Waals surface area contributed by atoms with Gasteiger partial charge < -0.3 is 14.4 Å². The highest BCUT2D eigenvalue weighted by molar-refractivity contribution is 7.07. The zero-order valence-corrected chi connectivity index (χ0v) is 18.6. The summed E-state index contributed by atoms with van der Waals surface area (Å²) in [5, 5.41) is 2.18. The lowest BCUT2D eigenvalue weighted by Crippen LogP contribution is -2.45. The predicted octanol–water partition coefficient (Wildman–Crippen LogP) is 1.09. The standard InChI is InChI=1S/C24H24N2O5S/c1-2-31-23(28)15-22-26(16-21(27)25-9-11-30-12-10-25)24(29)20(32-22)14-17-7-8-18-5-3-4-6-19(18)13-17/h3-8,13-15H,2,9-12,16H2,1H3. The van der Waals surface area contributed by atoms with Crippen molar-refractivity contribution in [3.8, 4) is 0 Å². The number of carbonyl (C=O) groups excluding carboxylic acids is 2. The van der Waals surface area contributed by atoms with Crippen LogP contribution in [0.1, 0.15) is 12.5 Å². The number of ether oxygens (including phenoxy) is 2. The van der Waals surface area contributed by atoms with E-state index in [9.17, 15) is 14.4 Å². The fraction of sp³-hybridized carbons (Fsp3) is 0.292. The first-order chi connectivity index (χ1) is 15.5. The van der Waals surface area contributed by atoms with Gasteiger partial charge in [0.15, 0.2) is 0 Å². The molecule has 0 spiro atoms. The summed E-state index contributed by atoms with van der Waals surface area (Å²) in [6.45, 7) is 3.75. The van der Waals surface area contributed by atoms with Crippen LogP contribution in [0.2, 0.25) is 0 Å². The Morgan fingerprint density at radius 3 is 2.62 bits per heavy atom. The van der Waals surface area contributed by atoms with Crippen LogP contribution < -0.4 is 14.8 Å². The minimum Gasteiger partial charge on any atom is -0.463 e. The molecule has 2 heterocycles. The molecule has 0 unspecified atom stereocenters. The normalized spacial score (nSPS) is 15.3. The number of nitrogens with zero attached hydrogens (tertiary/aromatic N) is 2. The number of thiazole rings is 1. The predicted molar refractivity (Wildman–Crippen MR) is 124 cm³/mol. The van der Waals surface area contributed by atoms with E-state index in [0.29, 0.717) is 35.5 Å². The van der Waals surface area contributed by atoms with E-state index in [1.165, 1.54) is 22.0 Å². The largest absolute Gasteiger partial charge is 0.463 e. The van der Waals surface area contributed by atoms with Crippen molar-refractivity contribution in [2.45, 2.75) is 13.5 Å². The third kappa shape index (κ3) is 4.98. The number of aromatic nitrogens is 1.